The number of pyridine rings is 1. The predicted molar refractivity (Wildman–Crippen MR) is 126 cm³/mol. The normalized spacial score (nSPS) is 12.1. The summed E-state index contributed by atoms with van der Waals surface area (Å²) in [5.41, 5.74) is 3.16. The van der Waals surface area contributed by atoms with Crippen molar-refractivity contribution in [1.29, 1.82) is 0 Å². The van der Waals surface area contributed by atoms with Crippen molar-refractivity contribution in [3.8, 4) is 11.5 Å². The van der Waals surface area contributed by atoms with Gasteiger partial charge in [-0.25, -0.2) is 0 Å². The van der Waals surface area contributed by atoms with E-state index in [2.05, 4.69) is 4.98 Å². The molecule has 0 saturated heterocycles. The first-order valence-electron chi connectivity index (χ1n) is 10.7. The lowest BCUT2D eigenvalue weighted by molar-refractivity contribution is -0.140. The fourth-order valence-electron chi connectivity index (χ4n) is 4.29. The Morgan fingerprint density at radius 1 is 1.12 bits per heavy atom. The molecule has 0 bridgehead atoms. The third-order valence-electron chi connectivity index (χ3n) is 6.04. The summed E-state index contributed by atoms with van der Waals surface area (Å²) in [5, 5.41) is 21.5. The maximum Gasteiger partial charge on any atom is 0.306 e. The molecule has 170 valence electrons. The van der Waals surface area contributed by atoms with Gasteiger partial charge in [-0.3, -0.25) is 9.59 Å². The molecule has 0 aliphatic carbocycles. The fraction of sp³-hybridized carbons (Fsp3) is 0.231. The number of aromatic amines is 1. The minimum absolute atomic E-state index is 0.0693. The lowest BCUT2D eigenvalue weighted by atomic mass is 9.88. The molecule has 2 aromatic carbocycles. The largest absolute Gasteiger partial charge is 0.508 e. The number of fused-ring (bicyclic) bond motifs is 1. The lowest BCUT2D eigenvalue weighted by Crippen LogP contribution is -2.29. The van der Waals surface area contributed by atoms with E-state index in [9.17, 15) is 19.8 Å². The predicted octanol–water partition coefficient (Wildman–Crippen LogP) is 3.99. The molecule has 33 heavy (non-hydrogen) atoms. The first-order chi connectivity index (χ1) is 15.9. The quantitative estimate of drug-likeness (QED) is 0.373. The SMILES string of the molecule is COC(=O)C[C@H](c1ccc(O)cc1)c1c(O)cc(C)n(CCc2c[nH]c3ccccc23)c1=O. The summed E-state index contributed by atoms with van der Waals surface area (Å²) >= 11 is 0. The highest BCUT2D eigenvalue weighted by atomic mass is 16.5. The molecular formula is C26H26N2O5. The van der Waals surface area contributed by atoms with Crippen molar-refractivity contribution in [2.24, 2.45) is 0 Å². The number of carbonyl (C=O) groups is 1. The number of rotatable bonds is 7. The summed E-state index contributed by atoms with van der Waals surface area (Å²) < 4.78 is 6.46. The molecule has 1 atom stereocenters. The molecule has 4 aromatic rings. The summed E-state index contributed by atoms with van der Waals surface area (Å²) in [7, 11) is 1.28. The number of para-hydroxylation sites is 1. The minimum atomic E-state index is -0.717. The summed E-state index contributed by atoms with van der Waals surface area (Å²) in [4.78, 5) is 29.0. The van der Waals surface area contributed by atoms with Crippen molar-refractivity contribution in [3.05, 3.63) is 93.5 Å². The number of nitrogens with zero attached hydrogens (tertiary/aromatic N) is 1. The van der Waals surface area contributed by atoms with Crippen LogP contribution in [0.4, 0.5) is 0 Å². The molecule has 0 aliphatic heterocycles. The first kappa shape index (κ1) is 22.2. The number of esters is 1. The molecule has 0 unspecified atom stereocenters. The molecule has 7 heteroatoms. The van der Waals surface area contributed by atoms with Crippen LogP contribution in [0.1, 0.15) is 34.7 Å². The van der Waals surface area contributed by atoms with Crippen LogP contribution < -0.4 is 5.56 Å². The molecule has 2 aromatic heterocycles. The highest BCUT2D eigenvalue weighted by Gasteiger charge is 2.26. The number of aromatic hydroxyl groups is 2. The van der Waals surface area contributed by atoms with Gasteiger partial charge in [0, 0.05) is 35.3 Å². The summed E-state index contributed by atoms with van der Waals surface area (Å²) in [6.07, 6.45) is 2.45. The van der Waals surface area contributed by atoms with E-state index in [0.717, 1.165) is 16.5 Å². The third kappa shape index (κ3) is 4.48. The average Bonchev–Trinajstić information content (AvgIpc) is 3.21. The monoisotopic (exact) mass is 446 g/mol. The number of nitrogens with one attached hydrogen (secondary N) is 1. The van der Waals surface area contributed by atoms with Crippen LogP contribution in [0.15, 0.2) is 65.6 Å². The van der Waals surface area contributed by atoms with Crippen LogP contribution in [0, 0.1) is 6.92 Å². The number of phenolic OH excluding ortho intramolecular Hbond substituents is 1. The van der Waals surface area contributed by atoms with E-state index in [0.29, 0.717) is 24.2 Å². The summed E-state index contributed by atoms with van der Waals surface area (Å²) in [6, 6.07) is 15.8. The van der Waals surface area contributed by atoms with Crippen LogP contribution >= 0.6 is 0 Å². The molecule has 4 rings (SSSR count). The van der Waals surface area contributed by atoms with Crippen molar-refractivity contribution in [2.75, 3.05) is 7.11 Å². The maximum absolute atomic E-state index is 13.6. The van der Waals surface area contributed by atoms with E-state index in [1.54, 1.807) is 29.7 Å². The standard InChI is InChI=1S/C26H26N2O5/c1-16-13-23(30)25(21(14-24(31)33-2)17-7-9-19(29)10-8-17)26(32)28(16)12-11-18-15-27-22-6-4-3-5-20(18)22/h3-10,13,15,21,27,29-30H,11-12,14H2,1-2H3/t21-/m1/s1. The molecule has 0 spiro atoms. The zero-order chi connectivity index (χ0) is 23.5. The number of methoxy groups -OCH3 is 1. The van der Waals surface area contributed by atoms with Crippen molar-refractivity contribution >= 4 is 16.9 Å². The topological polar surface area (TPSA) is 105 Å². The van der Waals surface area contributed by atoms with Crippen LogP contribution in [-0.2, 0) is 22.5 Å². The van der Waals surface area contributed by atoms with Gasteiger partial charge in [0.2, 0.25) is 0 Å². The second kappa shape index (κ2) is 9.24. The molecule has 2 heterocycles. The highest BCUT2D eigenvalue weighted by molar-refractivity contribution is 5.83. The van der Waals surface area contributed by atoms with Gasteiger partial charge < -0.3 is 24.5 Å². The second-order valence-electron chi connectivity index (χ2n) is 8.08. The van der Waals surface area contributed by atoms with Gasteiger partial charge in [-0.15, -0.1) is 0 Å². The fourth-order valence-corrected chi connectivity index (χ4v) is 4.29. The number of H-pyrrole nitrogens is 1. The Morgan fingerprint density at radius 2 is 1.85 bits per heavy atom. The Balaban J connectivity index is 1.74. The highest BCUT2D eigenvalue weighted by Crippen LogP contribution is 2.33. The Morgan fingerprint density at radius 3 is 2.58 bits per heavy atom. The van der Waals surface area contributed by atoms with E-state index in [4.69, 9.17) is 4.74 Å². The maximum atomic E-state index is 13.6. The number of ether oxygens (including phenoxy) is 1. The van der Waals surface area contributed by atoms with Gasteiger partial charge in [-0.1, -0.05) is 30.3 Å². The minimum Gasteiger partial charge on any atom is -0.508 e. The molecule has 0 aliphatic rings. The number of hydrogen-bond donors (Lipinski definition) is 3. The molecule has 0 fully saturated rings. The molecule has 3 N–H and O–H groups in total. The van der Waals surface area contributed by atoms with Crippen molar-refractivity contribution in [2.45, 2.75) is 32.2 Å². The van der Waals surface area contributed by atoms with Gasteiger partial charge in [0.05, 0.1) is 19.1 Å². The van der Waals surface area contributed by atoms with Crippen LogP contribution in [0.25, 0.3) is 10.9 Å². The van der Waals surface area contributed by atoms with Gasteiger partial charge in [-0.05, 0) is 48.7 Å². The van der Waals surface area contributed by atoms with Gasteiger partial charge in [-0.2, -0.15) is 0 Å². The lowest BCUT2D eigenvalue weighted by Gasteiger charge is -2.20. The molecule has 7 nitrogen and oxygen atoms in total. The Bertz CT molecular complexity index is 1350. The smallest absolute Gasteiger partial charge is 0.306 e. The second-order valence-corrected chi connectivity index (χ2v) is 8.08. The van der Waals surface area contributed by atoms with E-state index in [1.165, 1.54) is 19.2 Å². The van der Waals surface area contributed by atoms with Crippen molar-refractivity contribution in [3.63, 3.8) is 0 Å². The third-order valence-corrected chi connectivity index (χ3v) is 6.04. The first-order valence-corrected chi connectivity index (χ1v) is 10.7. The van der Waals surface area contributed by atoms with E-state index in [-0.39, 0.29) is 29.0 Å². The van der Waals surface area contributed by atoms with Gasteiger partial charge in [0.1, 0.15) is 11.5 Å². The van der Waals surface area contributed by atoms with Crippen LogP contribution in [-0.4, -0.2) is 32.8 Å². The Kier molecular flexibility index (Phi) is 6.22. The molecule has 0 radical (unpaired) electrons. The van der Waals surface area contributed by atoms with Gasteiger partial charge in [0.25, 0.3) is 5.56 Å². The summed E-state index contributed by atoms with van der Waals surface area (Å²) in [5.74, 6) is -1.31. The molecular weight excluding hydrogens is 420 g/mol. The van der Waals surface area contributed by atoms with Crippen molar-refractivity contribution < 1.29 is 19.7 Å². The molecule has 0 saturated carbocycles. The number of benzene rings is 2. The number of aromatic nitrogens is 2. The zero-order valence-corrected chi connectivity index (χ0v) is 18.5. The average molecular weight is 447 g/mol. The molecule has 0 amide bonds. The number of phenols is 1. The van der Waals surface area contributed by atoms with Crippen LogP contribution in [0.2, 0.25) is 0 Å². The zero-order valence-electron chi connectivity index (χ0n) is 18.5. The number of carbonyl (C=O) groups excluding carboxylic acids is 1. The van der Waals surface area contributed by atoms with E-state index >= 15 is 0 Å². The van der Waals surface area contributed by atoms with E-state index in [1.807, 2.05) is 30.5 Å². The van der Waals surface area contributed by atoms with Crippen molar-refractivity contribution in [1.82, 2.24) is 9.55 Å². The number of aryl methyl sites for hydroxylation is 2. The Hall–Kier alpha value is -4.00. The van der Waals surface area contributed by atoms with Gasteiger partial charge >= 0.3 is 5.97 Å². The van der Waals surface area contributed by atoms with Crippen LogP contribution in [0.5, 0.6) is 11.5 Å². The van der Waals surface area contributed by atoms with E-state index < -0.39 is 11.9 Å². The van der Waals surface area contributed by atoms with Gasteiger partial charge in [0.15, 0.2) is 0 Å². The van der Waals surface area contributed by atoms with Crippen LogP contribution in [0.3, 0.4) is 0 Å². The Labute approximate surface area is 190 Å². The number of hydrogen-bond acceptors (Lipinski definition) is 5. The summed E-state index contributed by atoms with van der Waals surface area (Å²) in [6.45, 7) is 2.19.